The van der Waals surface area contributed by atoms with Crippen molar-refractivity contribution in [3.8, 4) is 0 Å². The summed E-state index contributed by atoms with van der Waals surface area (Å²) in [7, 11) is 0. The zero-order chi connectivity index (χ0) is 12.8. The highest BCUT2D eigenvalue weighted by molar-refractivity contribution is 9.10. The number of nitrogens with zero attached hydrogens (tertiary/aromatic N) is 1. The molecule has 0 fully saturated rings. The largest absolute Gasteiger partial charge is 0.382 e. The van der Waals surface area contributed by atoms with Crippen molar-refractivity contribution in [2.24, 2.45) is 0 Å². The van der Waals surface area contributed by atoms with Crippen LogP contribution in [0, 0.1) is 10.1 Å². The minimum absolute atomic E-state index is 0.0702. The van der Waals surface area contributed by atoms with E-state index in [1.54, 1.807) is 6.07 Å². The molecule has 5 nitrogen and oxygen atoms in total. The van der Waals surface area contributed by atoms with Crippen molar-refractivity contribution in [3.05, 3.63) is 32.8 Å². The maximum atomic E-state index is 10.5. The quantitative estimate of drug-likeness (QED) is 0.498. The summed E-state index contributed by atoms with van der Waals surface area (Å²) < 4.78 is 6.06. The van der Waals surface area contributed by atoms with Gasteiger partial charge >= 0.3 is 0 Å². The van der Waals surface area contributed by atoms with E-state index in [1.807, 2.05) is 13.8 Å². The van der Waals surface area contributed by atoms with Crippen LogP contribution in [-0.2, 0) is 4.74 Å². The molecule has 0 radical (unpaired) electrons. The second-order valence-corrected chi connectivity index (χ2v) is 4.62. The summed E-state index contributed by atoms with van der Waals surface area (Å²) in [5, 5.41) is 13.7. The zero-order valence-corrected chi connectivity index (χ0v) is 11.4. The van der Waals surface area contributed by atoms with E-state index in [1.165, 1.54) is 12.1 Å². The van der Waals surface area contributed by atoms with E-state index in [9.17, 15) is 10.1 Å². The Hall–Kier alpha value is -1.14. The summed E-state index contributed by atoms with van der Waals surface area (Å²) in [6, 6.07) is 4.62. The molecule has 1 aromatic rings. The van der Waals surface area contributed by atoms with Gasteiger partial charge in [-0.3, -0.25) is 10.1 Å². The predicted octanol–water partition coefficient (Wildman–Crippen LogP) is 3.19. The molecule has 0 aliphatic heterocycles. The van der Waals surface area contributed by atoms with Gasteiger partial charge in [-0.05, 0) is 35.8 Å². The van der Waals surface area contributed by atoms with Crippen molar-refractivity contribution in [1.82, 2.24) is 0 Å². The van der Waals surface area contributed by atoms with Gasteiger partial charge in [0.15, 0.2) is 0 Å². The summed E-state index contributed by atoms with van der Waals surface area (Å²) in [6.45, 7) is 5.21. The summed E-state index contributed by atoms with van der Waals surface area (Å²) in [5.74, 6) is 0. The van der Waals surface area contributed by atoms with Crippen LogP contribution in [0.3, 0.4) is 0 Å². The molecular weight excluding hydrogens is 288 g/mol. The van der Waals surface area contributed by atoms with E-state index in [0.29, 0.717) is 17.6 Å². The van der Waals surface area contributed by atoms with Crippen molar-refractivity contribution in [2.75, 3.05) is 18.5 Å². The summed E-state index contributed by atoms with van der Waals surface area (Å²) in [6.07, 6.45) is 0.206. The molecule has 0 amide bonds. The number of hydrogen-bond donors (Lipinski definition) is 1. The van der Waals surface area contributed by atoms with Crippen molar-refractivity contribution in [3.63, 3.8) is 0 Å². The average molecular weight is 303 g/mol. The lowest BCUT2D eigenvalue weighted by Gasteiger charge is -2.10. The minimum atomic E-state index is -0.420. The smallest absolute Gasteiger partial charge is 0.270 e. The third kappa shape index (κ3) is 4.70. The lowest BCUT2D eigenvalue weighted by Crippen LogP contribution is -2.13. The number of non-ortho nitro benzene ring substituents is 1. The maximum absolute atomic E-state index is 10.5. The van der Waals surface area contributed by atoms with Crippen LogP contribution in [0.25, 0.3) is 0 Å². The van der Waals surface area contributed by atoms with E-state index in [4.69, 9.17) is 4.74 Å². The van der Waals surface area contributed by atoms with E-state index < -0.39 is 4.92 Å². The third-order valence-corrected chi connectivity index (χ3v) is 2.69. The van der Waals surface area contributed by atoms with Crippen LogP contribution in [-0.4, -0.2) is 24.2 Å². The molecule has 1 N–H and O–H groups in total. The number of nitrogens with one attached hydrogen (secondary N) is 1. The Bertz CT molecular complexity index is 396. The Kier molecular flexibility index (Phi) is 5.37. The summed E-state index contributed by atoms with van der Waals surface area (Å²) in [5.41, 5.74) is 0.892. The normalized spacial score (nSPS) is 10.6. The summed E-state index contributed by atoms with van der Waals surface area (Å²) >= 11 is 3.29. The topological polar surface area (TPSA) is 64.4 Å². The highest BCUT2D eigenvalue weighted by atomic mass is 79.9. The number of nitro benzene ring substituents is 1. The minimum Gasteiger partial charge on any atom is -0.382 e. The standard InChI is InChI=1S/C11H15BrN2O3/c1-8(2)17-6-5-13-11-4-3-9(14(15)16)7-10(11)12/h3-4,7-8,13H,5-6H2,1-2H3. The molecule has 17 heavy (non-hydrogen) atoms. The van der Waals surface area contributed by atoms with Crippen LogP contribution in [0.1, 0.15) is 13.8 Å². The van der Waals surface area contributed by atoms with Crippen LogP contribution in [0.2, 0.25) is 0 Å². The van der Waals surface area contributed by atoms with Gasteiger partial charge in [0, 0.05) is 28.8 Å². The lowest BCUT2D eigenvalue weighted by molar-refractivity contribution is -0.384. The van der Waals surface area contributed by atoms with Crippen LogP contribution >= 0.6 is 15.9 Å². The second-order valence-electron chi connectivity index (χ2n) is 3.77. The van der Waals surface area contributed by atoms with Gasteiger partial charge in [0.1, 0.15) is 0 Å². The molecule has 94 valence electrons. The van der Waals surface area contributed by atoms with Crippen molar-refractivity contribution < 1.29 is 9.66 Å². The second kappa shape index (κ2) is 6.56. The van der Waals surface area contributed by atoms with Gasteiger partial charge in [0.2, 0.25) is 0 Å². The van der Waals surface area contributed by atoms with Crippen LogP contribution in [0.5, 0.6) is 0 Å². The third-order valence-electron chi connectivity index (χ3n) is 2.03. The van der Waals surface area contributed by atoms with Crippen LogP contribution < -0.4 is 5.32 Å². The van der Waals surface area contributed by atoms with Gasteiger partial charge in [-0.2, -0.15) is 0 Å². The van der Waals surface area contributed by atoms with Gasteiger partial charge in [0.25, 0.3) is 5.69 Å². The van der Waals surface area contributed by atoms with Crippen molar-refractivity contribution >= 4 is 27.3 Å². The molecule has 1 rings (SSSR count). The molecular formula is C11H15BrN2O3. The predicted molar refractivity (Wildman–Crippen MR) is 70.4 cm³/mol. The fraction of sp³-hybridized carbons (Fsp3) is 0.455. The Balaban J connectivity index is 2.52. The molecule has 0 aromatic heterocycles. The number of benzene rings is 1. The number of halogens is 1. The monoisotopic (exact) mass is 302 g/mol. The molecule has 0 spiro atoms. The van der Waals surface area contributed by atoms with E-state index in [2.05, 4.69) is 21.2 Å². The van der Waals surface area contributed by atoms with E-state index in [0.717, 1.165) is 5.69 Å². The first kappa shape index (κ1) is 13.9. The SMILES string of the molecule is CC(C)OCCNc1ccc([N+](=O)[O-])cc1Br. The lowest BCUT2D eigenvalue weighted by atomic mass is 10.3. The van der Waals surface area contributed by atoms with Gasteiger partial charge < -0.3 is 10.1 Å². The molecule has 1 aromatic carbocycles. The van der Waals surface area contributed by atoms with Gasteiger partial charge in [-0.25, -0.2) is 0 Å². The Morgan fingerprint density at radius 2 is 2.24 bits per heavy atom. The molecule has 0 saturated heterocycles. The van der Waals surface area contributed by atoms with Crippen molar-refractivity contribution in [1.29, 1.82) is 0 Å². The Labute approximate surface area is 108 Å². The molecule has 0 unspecified atom stereocenters. The average Bonchev–Trinajstić information content (AvgIpc) is 2.25. The maximum Gasteiger partial charge on any atom is 0.270 e. The fourth-order valence-electron chi connectivity index (χ4n) is 1.24. The van der Waals surface area contributed by atoms with E-state index in [-0.39, 0.29) is 11.8 Å². The molecule has 0 aliphatic carbocycles. The number of ether oxygens (including phenoxy) is 1. The number of anilines is 1. The first-order chi connectivity index (χ1) is 8.00. The van der Waals surface area contributed by atoms with Gasteiger partial charge in [-0.15, -0.1) is 0 Å². The summed E-state index contributed by atoms with van der Waals surface area (Å²) in [4.78, 5) is 10.1. The zero-order valence-electron chi connectivity index (χ0n) is 9.77. The Morgan fingerprint density at radius 3 is 2.76 bits per heavy atom. The first-order valence-electron chi connectivity index (χ1n) is 5.30. The van der Waals surface area contributed by atoms with Gasteiger partial charge in [-0.1, -0.05) is 0 Å². The molecule has 0 aliphatic rings. The van der Waals surface area contributed by atoms with Gasteiger partial charge in [0.05, 0.1) is 17.6 Å². The Morgan fingerprint density at radius 1 is 1.53 bits per heavy atom. The highest BCUT2D eigenvalue weighted by Crippen LogP contribution is 2.26. The van der Waals surface area contributed by atoms with Crippen LogP contribution in [0.15, 0.2) is 22.7 Å². The molecule has 0 saturated carbocycles. The number of nitro groups is 1. The number of rotatable bonds is 6. The first-order valence-corrected chi connectivity index (χ1v) is 6.09. The number of hydrogen-bond acceptors (Lipinski definition) is 4. The molecule has 0 atom stereocenters. The fourth-order valence-corrected chi connectivity index (χ4v) is 1.75. The molecule has 6 heteroatoms. The molecule has 0 bridgehead atoms. The highest BCUT2D eigenvalue weighted by Gasteiger charge is 2.08. The van der Waals surface area contributed by atoms with Crippen molar-refractivity contribution in [2.45, 2.75) is 20.0 Å². The molecule has 0 heterocycles. The van der Waals surface area contributed by atoms with E-state index >= 15 is 0 Å². The van der Waals surface area contributed by atoms with Crippen LogP contribution in [0.4, 0.5) is 11.4 Å².